The summed E-state index contributed by atoms with van der Waals surface area (Å²) in [4.78, 5) is 19.4. The molecule has 0 radical (unpaired) electrons. The van der Waals surface area contributed by atoms with Crippen LogP contribution in [-0.2, 0) is 9.53 Å². The van der Waals surface area contributed by atoms with Crippen LogP contribution < -0.4 is 10.2 Å². The van der Waals surface area contributed by atoms with Crippen LogP contribution in [-0.4, -0.2) is 54.4 Å². The molecule has 2 aliphatic heterocycles. The van der Waals surface area contributed by atoms with Crippen LogP contribution in [0.2, 0.25) is 5.02 Å². The largest absolute Gasteiger partial charge is 0.394 e. The molecule has 0 bridgehead atoms. The molecule has 0 unspecified atom stereocenters. The standard InChI is InChI=1S/C20H28ClN3O3/c21-16-1-2-17(22-11-16)24-7-3-15(4-8-24)18(26)23-20(14-25)12-19(13-20)5-9-27-10-6-19/h1-2,11,15,25H,3-10,12-14H2,(H,23,26). The van der Waals surface area contributed by atoms with Gasteiger partial charge in [0, 0.05) is 38.4 Å². The fourth-order valence-electron chi connectivity index (χ4n) is 5.07. The number of nitrogens with one attached hydrogen (secondary N) is 1. The third-order valence-corrected chi connectivity index (χ3v) is 6.80. The third kappa shape index (κ3) is 3.93. The smallest absolute Gasteiger partial charge is 0.223 e. The van der Waals surface area contributed by atoms with Gasteiger partial charge in [-0.25, -0.2) is 4.98 Å². The first-order valence-electron chi connectivity index (χ1n) is 9.90. The second kappa shape index (κ2) is 7.57. The Balaban J connectivity index is 1.29. The minimum Gasteiger partial charge on any atom is -0.394 e. The predicted octanol–water partition coefficient (Wildman–Crippen LogP) is 2.39. The summed E-state index contributed by atoms with van der Waals surface area (Å²) >= 11 is 5.90. The minimum atomic E-state index is -0.427. The van der Waals surface area contributed by atoms with E-state index in [2.05, 4.69) is 15.2 Å². The first-order chi connectivity index (χ1) is 13.0. The van der Waals surface area contributed by atoms with Crippen molar-refractivity contribution in [3.63, 3.8) is 0 Å². The molecule has 1 spiro atoms. The maximum atomic E-state index is 12.8. The van der Waals surface area contributed by atoms with Crippen molar-refractivity contribution in [2.75, 3.05) is 37.8 Å². The molecule has 0 atom stereocenters. The Labute approximate surface area is 165 Å². The molecule has 7 heteroatoms. The van der Waals surface area contributed by atoms with E-state index in [1.54, 1.807) is 6.20 Å². The van der Waals surface area contributed by atoms with Gasteiger partial charge in [-0.15, -0.1) is 0 Å². The van der Waals surface area contributed by atoms with Crippen LogP contribution in [0.1, 0.15) is 38.5 Å². The summed E-state index contributed by atoms with van der Waals surface area (Å²) in [6.07, 6.45) is 7.09. The molecule has 1 amide bonds. The highest BCUT2D eigenvalue weighted by molar-refractivity contribution is 6.30. The quantitative estimate of drug-likeness (QED) is 0.821. The normalized spacial score (nSPS) is 24.4. The minimum absolute atomic E-state index is 0.00298. The van der Waals surface area contributed by atoms with E-state index in [4.69, 9.17) is 16.3 Å². The van der Waals surface area contributed by atoms with Gasteiger partial charge in [0.2, 0.25) is 5.91 Å². The monoisotopic (exact) mass is 393 g/mol. The lowest BCUT2D eigenvalue weighted by atomic mass is 9.54. The van der Waals surface area contributed by atoms with Gasteiger partial charge in [0.25, 0.3) is 0 Å². The van der Waals surface area contributed by atoms with Gasteiger partial charge in [0.15, 0.2) is 0 Å². The Morgan fingerprint density at radius 2 is 2.00 bits per heavy atom. The Hall–Kier alpha value is -1.37. The summed E-state index contributed by atoms with van der Waals surface area (Å²) in [5.41, 5.74) is -0.166. The van der Waals surface area contributed by atoms with Crippen molar-refractivity contribution in [3.05, 3.63) is 23.4 Å². The molecule has 1 saturated carbocycles. The van der Waals surface area contributed by atoms with E-state index >= 15 is 0 Å². The number of aromatic nitrogens is 1. The molecule has 4 rings (SSSR count). The third-order valence-electron chi connectivity index (χ3n) is 6.57. The van der Waals surface area contributed by atoms with Crippen molar-refractivity contribution < 1.29 is 14.6 Å². The Morgan fingerprint density at radius 3 is 2.59 bits per heavy atom. The Morgan fingerprint density at radius 1 is 1.30 bits per heavy atom. The fourth-order valence-corrected chi connectivity index (χ4v) is 5.18. The van der Waals surface area contributed by atoms with E-state index < -0.39 is 5.54 Å². The molecule has 2 saturated heterocycles. The summed E-state index contributed by atoms with van der Waals surface area (Å²) in [6.45, 7) is 3.23. The molecule has 1 aliphatic carbocycles. The van der Waals surface area contributed by atoms with Crippen LogP contribution in [0.5, 0.6) is 0 Å². The first-order valence-corrected chi connectivity index (χ1v) is 10.3. The van der Waals surface area contributed by atoms with Crippen LogP contribution in [0.4, 0.5) is 5.82 Å². The van der Waals surface area contributed by atoms with Crippen molar-refractivity contribution in [2.24, 2.45) is 11.3 Å². The summed E-state index contributed by atoms with van der Waals surface area (Å²) < 4.78 is 5.46. The topological polar surface area (TPSA) is 74.7 Å². The highest BCUT2D eigenvalue weighted by Crippen LogP contribution is 2.54. The SMILES string of the molecule is O=C(NC1(CO)CC2(CCOCC2)C1)C1CCN(c2ccc(Cl)cn2)CC1. The molecule has 1 aromatic heterocycles. The number of pyridine rings is 1. The Kier molecular flexibility index (Phi) is 5.32. The zero-order valence-electron chi connectivity index (χ0n) is 15.6. The molecule has 3 fully saturated rings. The Bertz CT molecular complexity index is 660. The van der Waals surface area contributed by atoms with E-state index in [1.165, 1.54) is 0 Å². The second-order valence-corrected chi connectivity index (χ2v) is 8.93. The van der Waals surface area contributed by atoms with Crippen LogP contribution >= 0.6 is 11.6 Å². The van der Waals surface area contributed by atoms with Crippen molar-refractivity contribution in [1.82, 2.24) is 10.3 Å². The van der Waals surface area contributed by atoms with Gasteiger partial charge in [-0.05, 0) is 56.1 Å². The average Bonchev–Trinajstić information content (AvgIpc) is 2.68. The zero-order chi connectivity index (χ0) is 18.9. The number of rotatable bonds is 4. The highest BCUT2D eigenvalue weighted by atomic mass is 35.5. The maximum absolute atomic E-state index is 12.8. The number of aliphatic hydroxyl groups excluding tert-OH is 1. The van der Waals surface area contributed by atoms with Crippen molar-refractivity contribution in [2.45, 2.75) is 44.1 Å². The number of hydrogen-bond acceptors (Lipinski definition) is 5. The molecule has 148 valence electrons. The lowest BCUT2D eigenvalue weighted by molar-refractivity contribution is -0.138. The average molecular weight is 394 g/mol. The summed E-state index contributed by atoms with van der Waals surface area (Å²) in [5.74, 6) is 1.00. The number of nitrogens with zero attached hydrogens (tertiary/aromatic N) is 2. The lowest BCUT2D eigenvalue weighted by Gasteiger charge is -2.57. The number of aliphatic hydroxyl groups is 1. The van der Waals surface area contributed by atoms with E-state index in [0.29, 0.717) is 5.02 Å². The molecule has 3 aliphatic rings. The number of amides is 1. The van der Waals surface area contributed by atoms with Crippen molar-refractivity contribution >= 4 is 23.3 Å². The predicted molar refractivity (Wildman–Crippen MR) is 104 cm³/mol. The van der Waals surface area contributed by atoms with E-state index in [0.717, 1.165) is 70.6 Å². The maximum Gasteiger partial charge on any atom is 0.223 e. The molecule has 0 aromatic carbocycles. The van der Waals surface area contributed by atoms with E-state index in [9.17, 15) is 9.90 Å². The van der Waals surface area contributed by atoms with Gasteiger partial charge in [0.1, 0.15) is 5.82 Å². The number of anilines is 1. The number of halogens is 1. The first kappa shape index (κ1) is 19.0. The van der Waals surface area contributed by atoms with Crippen molar-refractivity contribution in [1.29, 1.82) is 0 Å². The van der Waals surface area contributed by atoms with E-state index in [-0.39, 0.29) is 23.8 Å². The van der Waals surface area contributed by atoms with Crippen LogP contribution in [0, 0.1) is 11.3 Å². The second-order valence-electron chi connectivity index (χ2n) is 8.49. The molecular weight excluding hydrogens is 366 g/mol. The van der Waals surface area contributed by atoms with Gasteiger partial charge in [-0.2, -0.15) is 0 Å². The van der Waals surface area contributed by atoms with Gasteiger partial charge < -0.3 is 20.1 Å². The van der Waals surface area contributed by atoms with Crippen LogP contribution in [0.15, 0.2) is 18.3 Å². The van der Waals surface area contributed by atoms with Gasteiger partial charge in [-0.1, -0.05) is 11.6 Å². The summed E-state index contributed by atoms with van der Waals surface area (Å²) in [6, 6.07) is 3.77. The number of hydrogen-bond donors (Lipinski definition) is 2. The summed E-state index contributed by atoms with van der Waals surface area (Å²) in [5, 5.41) is 13.8. The molecule has 1 aromatic rings. The molecule has 6 nitrogen and oxygen atoms in total. The lowest BCUT2D eigenvalue weighted by Crippen LogP contribution is -2.66. The van der Waals surface area contributed by atoms with Crippen molar-refractivity contribution in [3.8, 4) is 0 Å². The number of carbonyl (C=O) groups excluding carboxylic acids is 1. The van der Waals surface area contributed by atoms with Crippen LogP contribution in [0.3, 0.4) is 0 Å². The number of piperidine rings is 1. The van der Waals surface area contributed by atoms with Gasteiger partial charge in [-0.3, -0.25) is 4.79 Å². The fraction of sp³-hybridized carbons (Fsp3) is 0.700. The van der Waals surface area contributed by atoms with Gasteiger partial charge >= 0.3 is 0 Å². The summed E-state index contributed by atoms with van der Waals surface area (Å²) in [7, 11) is 0. The van der Waals surface area contributed by atoms with E-state index in [1.807, 2.05) is 12.1 Å². The number of carbonyl (C=O) groups is 1. The van der Waals surface area contributed by atoms with Gasteiger partial charge in [0.05, 0.1) is 17.2 Å². The number of ether oxygens (including phenoxy) is 1. The molecular formula is C20H28ClN3O3. The molecule has 2 N–H and O–H groups in total. The molecule has 3 heterocycles. The zero-order valence-corrected chi connectivity index (χ0v) is 16.4. The highest BCUT2D eigenvalue weighted by Gasteiger charge is 2.55. The van der Waals surface area contributed by atoms with Crippen LogP contribution in [0.25, 0.3) is 0 Å². The molecule has 27 heavy (non-hydrogen) atoms.